The summed E-state index contributed by atoms with van der Waals surface area (Å²) in [6, 6.07) is 11.9. The average Bonchev–Trinajstić information content (AvgIpc) is 3.10. The summed E-state index contributed by atoms with van der Waals surface area (Å²) in [5.74, 6) is 0.512. The molecule has 0 saturated carbocycles. The molecule has 1 unspecified atom stereocenters. The van der Waals surface area contributed by atoms with Crippen LogP contribution in [0.4, 0.5) is 0 Å². The predicted molar refractivity (Wildman–Crippen MR) is 102 cm³/mol. The van der Waals surface area contributed by atoms with E-state index in [2.05, 4.69) is 20.4 Å². The van der Waals surface area contributed by atoms with Gasteiger partial charge in [-0.1, -0.05) is 35.5 Å². The zero-order valence-corrected chi connectivity index (χ0v) is 15.3. The van der Waals surface area contributed by atoms with Crippen molar-refractivity contribution in [2.75, 3.05) is 19.6 Å². The second kappa shape index (κ2) is 6.46. The first-order valence-corrected chi connectivity index (χ1v) is 9.55. The van der Waals surface area contributed by atoms with Crippen molar-refractivity contribution in [1.82, 2.24) is 20.4 Å². The summed E-state index contributed by atoms with van der Waals surface area (Å²) >= 11 is 0. The fraction of sp³-hybridized carbons (Fsp3) is 0.381. The third-order valence-corrected chi connectivity index (χ3v) is 5.90. The van der Waals surface area contributed by atoms with Crippen LogP contribution in [-0.2, 0) is 0 Å². The molecule has 0 radical (unpaired) electrons. The lowest BCUT2D eigenvalue weighted by Gasteiger charge is -2.44. The molecule has 2 aromatic heterocycles. The first-order chi connectivity index (χ1) is 13.2. The van der Waals surface area contributed by atoms with E-state index < -0.39 is 0 Å². The maximum atomic E-state index is 13.2. The number of hydrogen-bond acceptors (Lipinski definition) is 5. The molecule has 6 rings (SSSR count). The van der Waals surface area contributed by atoms with Crippen molar-refractivity contribution in [1.29, 1.82) is 0 Å². The van der Waals surface area contributed by atoms with Gasteiger partial charge in [0.1, 0.15) is 0 Å². The molecule has 138 valence electrons. The van der Waals surface area contributed by atoms with Crippen LogP contribution in [0.3, 0.4) is 0 Å². The minimum Gasteiger partial charge on any atom is -0.348 e. The Hall–Kier alpha value is -2.73. The Morgan fingerprint density at radius 3 is 2.70 bits per heavy atom. The first kappa shape index (κ1) is 16.4. The minimum absolute atomic E-state index is 0.0652. The summed E-state index contributed by atoms with van der Waals surface area (Å²) in [5.41, 5.74) is 3.36. The summed E-state index contributed by atoms with van der Waals surface area (Å²) in [6.07, 6.45) is 2.33. The van der Waals surface area contributed by atoms with Crippen molar-refractivity contribution < 1.29 is 9.32 Å². The van der Waals surface area contributed by atoms with E-state index in [1.807, 2.05) is 43.3 Å². The third kappa shape index (κ3) is 2.90. The Labute approximate surface area is 157 Å². The fourth-order valence-electron chi connectivity index (χ4n) is 4.41. The number of nitrogens with one attached hydrogen (secondary N) is 1. The van der Waals surface area contributed by atoms with Crippen LogP contribution in [0.5, 0.6) is 0 Å². The van der Waals surface area contributed by atoms with E-state index in [0.29, 0.717) is 28.3 Å². The number of rotatable bonds is 3. The van der Waals surface area contributed by atoms with Gasteiger partial charge in [0.15, 0.2) is 0 Å². The zero-order valence-electron chi connectivity index (χ0n) is 15.3. The van der Waals surface area contributed by atoms with Gasteiger partial charge < -0.3 is 14.7 Å². The number of hydrogen-bond donors (Lipinski definition) is 1. The van der Waals surface area contributed by atoms with E-state index in [4.69, 9.17) is 4.52 Å². The second-order valence-electron chi connectivity index (χ2n) is 7.59. The van der Waals surface area contributed by atoms with Crippen molar-refractivity contribution in [3.8, 4) is 11.3 Å². The highest BCUT2D eigenvalue weighted by atomic mass is 16.5. The van der Waals surface area contributed by atoms with Crippen LogP contribution in [0.15, 0.2) is 40.9 Å². The summed E-state index contributed by atoms with van der Waals surface area (Å²) < 4.78 is 5.39. The molecule has 5 heterocycles. The Morgan fingerprint density at radius 1 is 1.22 bits per heavy atom. The lowest BCUT2D eigenvalue weighted by atomic mass is 9.84. The molecule has 0 aliphatic carbocycles. The fourth-order valence-corrected chi connectivity index (χ4v) is 4.41. The van der Waals surface area contributed by atoms with Gasteiger partial charge in [-0.3, -0.25) is 4.79 Å². The van der Waals surface area contributed by atoms with E-state index >= 15 is 0 Å². The number of carbonyl (C=O) groups excluding carboxylic acids is 1. The maximum absolute atomic E-state index is 13.2. The van der Waals surface area contributed by atoms with E-state index in [1.54, 1.807) is 0 Å². The summed E-state index contributed by atoms with van der Waals surface area (Å²) in [4.78, 5) is 20.2. The molecule has 3 aliphatic rings. The summed E-state index contributed by atoms with van der Waals surface area (Å²) in [5, 5.41) is 8.01. The van der Waals surface area contributed by atoms with Gasteiger partial charge in [0.05, 0.1) is 22.3 Å². The van der Waals surface area contributed by atoms with Crippen LogP contribution in [-0.4, -0.2) is 46.6 Å². The second-order valence-corrected chi connectivity index (χ2v) is 7.59. The molecule has 1 aromatic carbocycles. The summed E-state index contributed by atoms with van der Waals surface area (Å²) in [7, 11) is 0. The average molecular weight is 362 g/mol. The Kier molecular flexibility index (Phi) is 3.93. The van der Waals surface area contributed by atoms with Gasteiger partial charge >= 0.3 is 0 Å². The number of nitrogens with zero attached hydrogens (tertiary/aromatic N) is 3. The van der Waals surface area contributed by atoms with Gasteiger partial charge in [-0.25, -0.2) is 4.98 Å². The molecule has 6 heteroatoms. The smallest absolute Gasteiger partial charge is 0.259 e. The predicted octanol–water partition coefficient (Wildman–Crippen LogP) is 3.02. The molecule has 0 spiro atoms. The van der Waals surface area contributed by atoms with Crippen molar-refractivity contribution in [2.24, 2.45) is 5.92 Å². The van der Waals surface area contributed by atoms with Crippen LogP contribution < -0.4 is 5.32 Å². The molecular weight excluding hydrogens is 340 g/mol. The van der Waals surface area contributed by atoms with Crippen molar-refractivity contribution >= 4 is 17.0 Å². The molecular formula is C21H22N4O2. The number of aromatic nitrogens is 2. The van der Waals surface area contributed by atoms with Crippen LogP contribution in [0.1, 0.15) is 28.9 Å². The van der Waals surface area contributed by atoms with Gasteiger partial charge in [0.25, 0.3) is 11.6 Å². The molecule has 3 aliphatic heterocycles. The minimum atomic E-state index is -0.0652. The SMILES string of the molecule is Cc1noc2nc(-c3ccccc3)cc(C(=O)NC3CN4CCC3CC4)c12. The number of aryl methyl sites for hydroxylation is 1. The number of pyridine rings is 1. The van der Waals surface area contributed by atoms with Gasteiger partial charge in [-0.2, -0.15) is 0 Å². The van der Waals surface area contributed by atoms with Crippen LogP contribution in [0, 0.1) is 12.8 Å². The maximum Gasteiger partial charge on any atom is 0.259 e. The monoisotopic (exact) mass is 362 g/mol. The molecule has 2 bridgehead atoms. The number of fused-ring (bicyclic) bond motifs is 4. The van der Waals surface area contributed by atoms with E-state index in [-0.39, 0.29) is 11.9 Å². The summed E-state index contributed by atoms with van der Waals surface area (Å²) in [6.45, 7) is 5.10. The molecule has 1 atom stereocenters. The molecule has 3 aromatic rings. The third-order valence-electron chi connectivity index (χ3n) is 5.90. The lowest BCUT2D eigenvalue weighted by Crippen LogP contribution is -2.57. The van der Waals surface area contributed by atoms with E-state index in [1.165, 1.54) is 0 Å². The molecule has 3 fully saturated rings. The van der Waals surface area contributed by atoms with Gasteiger partial charge in [-0.05, 0) is 44.8 Å². The number of amides is 1. The quantitative estimate of drug-likeness (QED) is 0.775. The van der Waals surface area contributed by atoms with E-state index in [9.17, 15) is 4.79 Å². The highest BCUT2D eigenvalue weighted by molar-refractivity contribution is 6.07. The molecule has 3 saturated heterocycles. The van der Waals surface area contributed by atoms with Crippen LogP contribution >= 0.6 is 0 Å². The largest absolute Gasteiger partial charge is 0.348 e. The van der Waals surface area contributed by atoms with Crippen molar-refractivity contribution in [3.63, 3.8) is 0 Å². The zero-order chi connectivity index (χ0) is 18.4. The van der Waals surface area contributed by atoms with Crippen LogP contribution in [0.2, 0.25) is 0 Å². The van der Waals surface area contributed by atoms with Crippen molar-refractivity contribution in [2.45, 2.75) is 25.8 Å². The van der Waals surface area contributed by atoms with Gasteiger partial charge in [0, 0.05) is 18.2 Å². The van der Waals surface area contributed by atoms with Crippen molar-refractivity contribution in [3.05, 3.63) is 47.7 Å². The Morgan fingerprint density at radius 2 is 2.00 bits per heavy atom. The number of carbonyl (C=O) groups is 1. The van der Waals surface area contributed by atoms with Gasteiger partial charge in [0.2, 0.25) is 0 Å². The molecule has 27 heavy (non-hydrogen) atoms. The number of benzene rings is 1. The van der Waals surface area contributed by atoms with Gasteiger partial charge in [-0.15, -0.1) is 0 Å². The van der Waals surface area contributed by atoms with E-state index in [0.717, 1.165) is 43.7 Å². The highest BCUT2D eigenvalue weighted by Gasteiger charge is 2.35. The first-order valence-electron chi connectivity index (χ1n) is 9.55. The number of piperidine rings is 3. The highest BCUT2D eigenvalue weighted by Crippen LogP contribution is 2.30. The lowest BCUT2D eigenvalue weighted by molar-refractivity contribution is 0.0621. The topological polar surface area (TPSA) is 71.3 Å². The molecule has 1 N–H and O–H groups in total. The Bertz CT molecular complexity index is 990. The normalized spacial score (nSPS) is 24.3. The standard InChI is InChI=1S/C21H22N4O2/c1-13-19-16(20(26)22-18-12-25-9-7-15(18)8-10-25)11-17(23-21(19)27-24-13)14-5-3-2-4-6-14/h2-6,11,15,18H,7-10,12H2,1H3,(H,22,26). The van der Waals surface area contributed by atoms with Crippen LogP contribution in [0.25, 0.3) is 22.4 Å². The molecule has 6 nitrogen and oxygen atoms in total. The molecule has 1 amide bonds. The Balaban J connectivity index is 1.53.